The standard InChI is InChI=1S/C21H23NO3/c23-21(17-9-10-18-19(15-17)25-14-13-24-18)20(16-7-3-1-4-8-16)22-11-5-2-6-12-22/h1,3-4,7-10,15,20H,2,5-6,11-14H2/p+1. The van der Waals surface area contributed by atoms with E-state index in [0.29, 0.717) is 24.5 Å². The molecule has 25 heavy (non-hydrogen) atoms. The second-order valence-electron chi connectivity index (χ2n) is 6.79. The number of nitrogens with one attached hydrogen (secondary N) is 1. The normalized spacial score (nSPS) is 18.6. The summed E-state index contributed by atoms with van der Waals surface area (Å²) in [5, 5.41) is 0. The van der Waals surface area contributed by atoms with Crippen molar-refractivity contribution in [2.75, 3.05) is 26.3 Å². The first-order chi connectivity index (χ1) is 12.3. The minimum absolute atomic E-state index is 0.149. The molecule has 0 saturated carbocycles. The fourth-order valence-corrected chi connectivity index (χ4v) is 3.88. The molecule has 0 radical (unpaired) electrons. The van der Waals surface area contributed by atoms with Crippen LogP contribution in [0.4, 0.5) is 0 Å². The van der Waals surface area contributed by atoms with Gasteiger partial charge in [-0.3, -0.25) is 4.79 Å². The first-order valence-electron chi connectivity index (χ1n) is 9.16. The van der Waals surface area contributed by atoms with Crippen molar-refractivity contribution in [3.05, 3.63) is 59.7 Å². The van der Waals surface area contributed by atoms with Gasteiger partial charge in [-0.05, 0) is 37.5 Å². The summed E-state index contributed by atoms with van der Waals surface area (Å²) >= 11 is 0. The lowest BCUT2D eigenvalue weighted by Crippen LogP contribution is -3.13. The van der Waals surface area contributed by atoms with Crippen molar-refractivity contribution in [1.82, 2.24) is 0 Å². The number of piperidine rings is 1. The van der Waals surface area contributed by atoms with Gasteiger partial charge in [0.1, 0.15) is 13.2 Å². The lowest BCUT2D eigenvalue weighted by atomic mass is 9.94. The van der Waals surface area contributed by atoms with Gasteiger partial charge >= 0.3 is 0 Å². The molecule has 4 rings (SSSR count). The Balaban J connectivity index is 1.67. The minimum Gasteiger partial charge on any atom is -0.486 e. The number of rotatable bonds is 4. The van der Waals surface area contributed by atoms with E-state index < -0.39 is 0 Å². The Hall–Kier alpha value is -2.33. The van der Waals surface area contributed by atoms with E-state index in [9.17, 15) is 4.79 Å². The number of ketones is 1. The number of ether oxygens (including phenoxy) is 2. The number of carbonyl (C=O) groups excluding carboxylic acids is 1. The molecule has 2 aliphatic heterocycles. The topological polar surface area (TPSA) is 40.0 Å². The Bertz CT molecular complexity index is 738. The van der Waals surface area contributed by atoms with E-state index in [0.717, 1.165) is 24.4 Å². The lowest BCUT2D eigenvalue weighted by Gasteiger charge is -2.31. The van der Waals surface area contributed by atoms with Crippen LogP contribution in [0.15, 0.2) is 48.5 Å². The molecule has 4 heteroatoms. The summed E-state index contributed by atoms with van der Waals surface area (Å²) in [6, 6.07) is 15.6. The number of likely N-dealkylation sites (tertiary alicyclic amines) is 1. The van der Waals surface area contributed by atoms with Crippen molar-refractivity contribution in [2.24, 2.45) is 0 Å². The second-order valence-corrected chi connectivity index (χ2v) is 6.79. The van der Waals surface area contributed by atoms with Crippen LogP contribution in [-0.2, 0) is 0 Å². The first kappa shape index (κ1) is 16.2. The third-order valence-electron chi connectivity index (χ3n) is 5.13. The van der Waals surface area contributed by atoms with Gasteiger partial charge in [0.05, 0.1) is 13.1 Å². The van der Waals surface area contributed by atoms with E-state index in [1.165, 1.54) is 24.2 Å². The summed E-state index contributed by atoms with van der Waals surface area (Å²) in [5.74, 6) is 1.57. The lowest BCUT2D eigenvalue weighted by molar-refractivity contribution is -0.926. The number of carbonyl (C=O) groups is 1. The number of hydrogen-bond acceptors (Lipinski definition) is 3. The highest BCUT2D eigenvalue weighted by Crippen LogP contribution is 2.32. The summed E-state index contributed by atoms with van der Waals surface area (Å²) in [4.78, 5) is 14.8. The van der Waals surface area contributed by atoms with Gasteiger partial charge < -0.3 is 14.4 Å². The van der Waals surface area contributed by atoms with Crippen molar-refractivity contribution >= 4 is 5.78 Å². The van der Waals surface area contributed by atoms with Gasteiger partial charge in [-0.25, -0.2) is 0 Å². The third kappa shape index (κ3) is 3.40. The van der Waals surface area contributed by atoms with Gasteiger partial charge in [-0.2, -0.15) is 0 Å². The van der Waals surface area contributed by atoms with Gasteiger partial charge in [0, 0.05) is 11.1 Å². The summed E-state index contributed by atoms with van der Waals surface area (Å²) in [6.45, 7) is 3.20. The quantitative estimate of drug-likeness (QED) is 0.871. The molecule has 1 saturated heterocycles. The molecule has 0 aromatic heterocycles. The van der Waals surface area contributed by atoms with E-state index in [4.69, 9.17) is 9.47 Å². The zero-order valence-electron chi connectivity index (χ0n) is 14.4. The van der Waals surface area contributed by atoms with Crippen molar-refractivity contribution in [2.45, 2.75) is 25.3 Å². The highest BCUT2D eigenvalue weighted by molar-refractivity contribution is 6.00. The molecule has 2 aromatic rings. The summed E-state index contributed by atoms with van der Waals surface area (Å²) < 4.78 is 11.2. The van der Waals surface area contributed by atoms with E-state index in [-0.39, 0.29) is 11.8 Å². The Labute approximate surface area is 148 Å². The number of Topliss-reactive ketones (excluding diaryl/α,β-unsaturated/α-hetero) is 1. The van der Waals surface area contributed by atoms with E-state index in [1.807, 2.05) is 36.4 Å². The molecule has 1 N–H and O–H groups in total. The molecule has 130 valence electrons. The number of fused-ring (bicyclic) bond motifs is 1. The van der Waals surface area contributed by atoms with Crippen molar-refractivity contribution in [1.29, 1.82) is 0 Å². The Morgan fingerprint density at radius 3 is 2.36 bits per heavy atom. The molecular weight excluding hydrogens is 314 g/mol. The van der Waals surface area contributed by atoms with Gasteiger partial charge in [0.25, 0.3) is 0 Å². The van der Waals surface area contributed by atoms with Crippen LogP contribution in [0.2, 0.25) is 0 Å². The van der Waals surface area contributed by atoms with Crippen LogP contribution in [0.3, 0.4) is 0 Å². The monoisotopic (exact) mass is 338 g/mol. The van der Waals surface area contributed by atoms with Crippen LogP contribution in [0.5, 0.6) is 11.5 Å². The van der Waals surface area contributed by atoms with E-state index in [1.54, 1.807) is 0 Å². The van der Waals surface area contributed by atoms with Crippen molar-refractivity contribution in [3.8, 4) is 11.5 Å². The fourth-order valence-electron chi connectivity index (χ4n) is 3.88. The molecule has 1 fully saturated rings. The number of quaternary nitrogens is 1. The van der Waals surface area contributed by atoms with E-state index >= 15 is 0 Å². The summed E-state index contributed by atoms with van der Waals surface area (Å²) in [5.41, 5.74) is 1.80. The second kappa shape index (κ2) is 7.28. The average molecular weight is 338 g/mol. The molecule has 1 atom stereocenters. The predicted octanol–water partition coefficient (Wildman–Crippen LogP) is 2.45. The molecule has 0 amide bonds. The van der Waals surface area contributed by atoms with Crippen LogP contribution in [-0.4, -0.2) is 32.1 Å². The van der Waals surface area contributed by atoms with Gasteiger partial charge in [-0.15, -0.1) is 0 Å². The van der Waals surface area contributed by atoms with Crippen LogP contribution in [0.25, 0.3) is 0 Å². The fraction of sp³-hybridized carbons (Fsp3) is 0.381. The Kier molecular flexibility index (Phi) is 4.70. The molecule has 4 nitrogen and oxygen atoms in total. The van der Waals surface area contributed by atoms with Crippen molar-refractivity contribution < 1.29 is 19.2 Å². The number of benzene rings is 2. The van der Waals surface area contributed by atoms with Crippen LogP contribution in [0, 0.1) is 0 Å². The molecular formula is C21H24NO3+. The van der Waals surface area contributed by atoms with Crippen molar-refractivity contribution in [3.63, 3.8) is 0 Å². The highest BCUT2D eigenvalue weighted by Gasteiger charge is 2.33. The Morgan fingerprint density at radius 1 is 0.880 bits per heavy atom. The van der Waals surface area contributed by atoms with Gasteiger partial charge in [-0.1, -0.05) is 30.3 Å². The zero-order chi connectivity index (χ0) is 17.1. The maximum Gasteiger partial charge on any atom is 0.224 e. The summed E-state index contributed by atoms with van der Waals surface area (Å²) in [7, 11) is 0. The molecule has 0 bridgehead atoms. The van der Waals surface area contributed by atoms with Crippen LogP contribution in [0.1, 0.15) is 41.2 Å². The zero-order valence-corrected chi connectivity index (χ0v) is 14.4. The molecule has 2 aliphatic rings. The first-order valence-corrected chi connectivity index (χ1v) is 9.16. The van der Waals surface area contributed by atoms with Crippen LogP contribution >= 0.6 is 0 Å². The average Bonchev–Trinajstić information content (AvgIpc) is 2.69. The summed E-state index contributed by atoms with van der Waals surface area (Å²) in [6.07, 6.45) is 3.64. The molecule has 2 aromatic carbocycles. The third-order valence-corrected chi connectivity index (χ3v) is 5.13. The highest BCUT2D eigenvalue weighted by atomic mass is 16.6. The largest absolute Gasteiger partial charge is 0.486 e. The maximum absolute atomic E-state index is 13.4. The molecule has 1 unspecified atom stereocenters. The number of hydrogen-bond donors (Lipinski definition) is 1. The minimum atomic E-state index is -0.149. The Morgan fingerprint density at radius 2 is 1.60 bits per heavy atom. The predicted molar refractivity (Wildman–Crippen MR) is 95.5 cm³/mol. The molecule has 2 heterocycles. The SMILES string of the molecule is O=C(c1ccc2c(c1)OCCO2)C(c1ccccc1)[NH+]1CCCCC1. The molecule has 0 spiro atoms. The van der Waals surface area contributed by atoms with Gasteiger partial charge in [0.2, 0.25) is 5.78 Å². The van der Waals surface area contributed by atoms with E-state index in [2.05, 4.69) is 12.1 Å². The smallest absolute Gasteiger partial charge is 0.224 e. The molecule has 0 aliphatic carbocycles. The van der Waals surface area contributed by atoms with Gasteiger partial charge in [0.15, 0.2) is 17.5 Å². The van der Waals surface area contributed by atoms with Crippen LogP contribution < -0.4 is 14.4 Å². The maximum atomic E-state index is 13.4.